The van der Waals surface area contributed by atoms with Crippen LogP contribution in [0.25, 0.3) is 0 Å². The minimum atomic E-state index is -0.334. The maximum atomic E-state index is 5.64. The van der Waals surface area contributed by atoms with Crippen LogP contribution in [0.3, 0.4) is 0 Å². The largest absolute Gasteiger partial charge is 0.347 e. The van der Waals surface area contributed by atoms with E-state index in [1.54, 1.807) is 0 Å². The monoisotopic (exact) mass is 178 g/mol. The van der Waals surface area contributed by atoms with Crippen molar-refractivity contribution in [1.29, 1.82) is 0 Å². The highest BCUT2D eigenvalue weighted by Crippen LogP contribution is 2.30. The molecule has 1 atom stereocenters. The third-order valence-corrected chi connectivity index (χ3v) is 2.51. The molecule has 1 rings (SSSR count). The highest BCUT2D eigenvalue weighted by atomic mass is 35.5. The lowest BCUT2D eigenvalue weighted by Gasteiger charge is -2.24. The van der Waals surface area contributed by atoms with E-state index < -0.39 is 0 Å². The van der Waals surface area contributed by atoms with Gasteiger partial charge in [-0.15, -0.1) is 11.6 Å². The van der Waals surface area contributed by atoms with Crippen LogP contribution < -0.4 is 0 Å². The fourth-order valence-corrected chi connectivity index (χ4v) is 1.47. The predicted molar refractivity (Wildman–Crippen MR) is 44.9 cm³/mol. The Balaban J connectivity index is 2.48. The van der Waals surface area contributed by atoms with E-state index in [1.165, 1.54) is 0 Å². The number of hydrogen-bond acceptors (Lipinski definition) is 2. The number of halogens is 1. The number of alkyl halides is 1. The second-order valence-electron chi connectivity index (χ2n) is 2.82. The molecule has 0 aromatic rings. The minimum absolute atomic E-state index is 0.0940. The predicted octanol–water partition coefficient (Wildman–Crippen LogP) is 2.16. The first-order valence-electron chi connectivity index (χ1n) is 4.14. The van der Waals surface area contributed by atoms with Gasteiger partial charge in [0.05, 0.1) is 18.6 Å². The van der Waals surface area contributed by atoms with Gasteiger partial charge in [0.2, 0.25) is 0 Å². The molecule has 0 unspecified atom stereocenters. The molecule has 0 amide bonds. The van der Waals surface area contributed by atoms with Crippen LogP contribution in [0.5, 0.6) is 0 Å². The summed E-state index contributed by atoms with van der Waals surface area (Å²) in [4.78, 5) is 0. The van der Waals surface area contributed by atoms with Gasteiger partial charge < -0.3 is 9.47 Å². The Morgan fingerprint density at radius 3 is 2.36 bits per heavy atom. The van der Waals surface area contributed by atoms with Crippen molar-refractivity contribution in [2.45, 2.75) is 38.6 Å². The molecule has 1 aliphatic rings. The van der Waals surface area contributed by atoms with Gasteiger partial charge in [-0.25, -0.2) is 0 Å². The van der Waals surface area contributed by atoms with E-state index in [4.69, 9.17) is 21.1 Å². The van der Waals surface area contributed by atoms with Gasteiger partial charge in [0.25, 0.3) is 0 Å². The van der Waals surface area contributed by atoms with Gasteiger partial charge in [-0.1, -0.05) is 13.8 Å². The second-order valence-corrected chi connectivity index (χ2v) is 3.13. The van der Waals surface area contributed by atoms with E-state index in [1.807, 2.05) is 0 Å². The van der Waals surface area contributed by atoms with Crippen LogP contribution in [-0.4, -0.2) is 24.4 Å². The van der Waals surface area contributed by atoms with Crippen molar-refractivity contribution in [2.75, 3.05) is 12.5 Å². The lowest BCUT2D eigenvalue weighted by molar-refractivity contribution is -0.169. The third-order valence-electron chi connectivity index (χ3n) is 2.16. The molecule has 1 fully saturated rings. The van der Waals surface area contributed by atoms with Gasteiger partial charge in [0.1, 0.15) is 0 Å². The lowest BCUT2D eigenvalue weighted by atomic mass is 10.1. The molecule has 1 saturated heterocycles. The molecule has 0 spiro atoms. The standard InChI is InChI=1S/C8H15ClO2/c1-3-8(4-2)10-6-7(5-9)11-8/h7H,3-6H2,1-2H3/t7-/m0/s1. The third kappa shape index (κ3) is 1.86. The first kappa shape index (κ1) is 9.30. The fourth-order valence-electron chi connectivity index (χ4n) is 1.31. The molecule has 1 aliphatic heterocycles. The summed E-state index contributed by atoms with van der Waals surface area (Å²) < 4.78 is 11.2. The Labute approximate surface area is 72.8 Å². The molecule has 66 valence electrons. The van der Waals surface area contributed by atoms with Gasteiger partial charge in [-0.2, -0.15) is 0 Å². The van der Waals surface area contributed by atoms with Crippen LogP contribution >= 0.6 is 11.6 Å². The Bertz CT molecular complexity index is 123. The highest BCUT2D eigenvalue weighted by molar-refractivity contribution is 6.18. The van der Waals surface area contributed by atoms with Gasteiger partial charge >= 0.3 is 0 Å². The number of rotatable bonds is 3. The van der Waals surface area contributed by atoms with E-state index in [9.17, 15) is 0 Å². The molecule has 0 aromatic heterocycles. The molecule has 0 aliphatic carbocycles. The van der Waals surface area contributed by atoms with Crippen molar-refractivity contribution in [2.24, 2.45) is 0 Å². The number of hydrogen-bond donors (Lipinski definition) is 0. The summed E-state index contributed by atoms with van der Waals surface area (Å²) in [6.07, 6.45) is 1.89. The van der Waals surface area contributed by atoms with E-state index in [0.717, 1.165) is 12.8 Å². The van der Waals surface area contributed by atoms with Gasteiger partial charge in [0, 0.05) is 0 Å². The molecule has 2 nitrogen and oxygen atoms in total. The van der Waals surface area contributed by atoms with Crippen LogP contribution in [0, 0.1) is 0 Å². The van der Waals surface area contributed by atoms with Crippen molar-refractivity contribution < 1.29 is 9.47 Å². The zero-order chi connectivity index (χ0) is 8.32. The smallest absolute Gasteiger partial charge is 0.168 e. The van der Waals surface area contributed by atoms with Crippen LogP contribution in [-0.2, 0) is 9.47 Å². The molecule has 0 saturated carbocycles. The van der Waals surface area contributed by atoms with Crippen molar-refractivity contribution in [3.05, 3.63) is 0 Å². The summed E-state index contributed by atoms with van der Waals surface area (Å²) in [6.45, 7) is 4.78. The molecule has 1 heterocycles. The summed E-state index contributed by atoms with van der Waals surface area (Å²) >= 11 is 5.64. The molecule has 0 aromatic carbocycles. The Morgan fingerprint density at radius 2 is 2.09 bits per heavy atom. The summed E-state index contributed by atoms with van der Waals surface area (Å²) in [5, 5.41) is 0. The van der Waals surface area contributed by atoms with E-state index in [2.05, 4.69) is 13.8 Å². The SMILES string of the molecule is CCC1(CC)OC[C@H](CCl)O1. The molecule has 11 heavy (non-hydrogen) atoms. The topological polar surface area (TPSA) is 18.5 Å². The van der Waals surface area contributed by atoms with E-state index in [-0.39, 0.29) is 11.9 Å². The Morgan fingerprint density at radius 1 is 1.45 bits per heavy atom. The molecular weight excluding hydrogens is 164 g/mol. The van der Waals surface area contributed by atoms with Crippen LogP contribution in [0.2, 0.25) is 0 Å². The zero-order valence-corrected chi connectivity index (χ0v) is 7.86. The quantitative estimate of drug-likeness (QED) is 0.617. The molecule has 3 heteroatoms. The normalized spacial score (nSPS) is 29.2. The lowest BCUT2D eigenvalue weighted by Crippen LogP contribution is -2.29. The maximum absolute atomic E-state index is 5.64. The van der Waals surface area contributed by atoms with Gasteiger partial charge in [-0.05, 0) is 12.8 Å². The molecule has 0 radical (unpaired) electrons. The van der Waals surface area contributed by atoms with Crippen LogP contribution in [0.1, 0.15) is 26.7 Å². The Hall–Kier alpha value is 0.210. The summed E-state index contributed by atoms with van der Waals surface area (Å²) in [5.41, 5.74) is 0. The van der Waals surface area contributed by atoms with Crippen molar-refractivity contribution in [3.8, 4) is 0 Å². The second kappa shape index (κ2) is 3.74. The summed E-state index contributed by atoms with van der Waals surface area (Å²) in [7, 11) is 0. The van der Waals surface area contributed by atoms with Crippen molar-refractivity contribution in [3.63, 3.8) is 0 Å². The molecular formula is C8H15ClO2. The first-order valence-corrected chi connectivity index (χ1v) is 4.67. The molecule has 0 N–H and O–H groups in total. The average Bonchev–Trinajstić information content (AvgIpc) is 2.49. The Kier molecular flexibility index (Phi) is 3.16. The van der Waals surface area contributed by atoms with Gasteiger partial charge in [-0.3, -0.25) is 0 Å². The van der Waals surface area contributed by atoms with E-state index >= 15 is 0 Å². The highest BCUT2D eigenvalue weighted by Gasteiger charge is 2.37. The van der Waals surface area contributed by atoms with Crippen LogP contribution in [0.4, 0.5) is 0 Å². The van der Waals surface area contributed by atoms with Crippen LogP contribution in [0.15, 0.2) is 0 Å². The first-order chi connectivity index (χ1) is 5.26. The summed E-state index contributed by atoms with van der Waals surface area (Å²) in [6, 6.07) is 0. The van der Waals surface area contributed by atoms with Gasteiger partial charge in [0.15, 0.2) is 5.79 Å². The summed E-state index contributed by atoms with van der Waals surface area (Å²) in [5.74, 6) is 0.196. The maximum Gasteiger partial charge on any atom is 0.168 e. The van der Waals surface area contributed by atoms with Crippen molar-refractivity contribution >= 4 is 11.6 Å². The van der Waals surface area contributed by atoms with E-state index in [0.29, 0.717) is 12.5 Å². The number of ether oxygens (including phenoxy) is 2. The molecule has 0 bridgehead atoms. The average molecular weight is 179 g/mol. The zero-order valence-electron chi connectivity index (χ0n) is 7.10. The van der Waals surface area contributed by atoms with Crippen molar-refractivity contribution in [1.82, 2.24) is 0 Å². The fraction of sp³-hybridized carbons (Fsp3) is 1.00. The minimum Gasteiger partial charge on any atom is -0.347 e.